The summed E-state index contributed by atoms with van der Waals surface area (Å²) in [7, 11) is -1.77. The van der Waals surface area contributed by atoms with Gasteiger partial charge in [0, 0.05) is 0 Å². The molecule has 1 rings (SSSR count). The van der Waals surface area contributed by atoms with Crippen molar-refractivity contribution in [2.45, 2.75) is 40.0 Å². The van der Waals surface area contributed by atoms with Crippen molar-refractivity contribution in [2.24, 2.45) is 0 Å². The molecule has 78 valence electrons. The second-order valence-electron chi connectivity index (χ2n) is 3.92. The summed E-state index contributed by atoms with van der Waals surface area (Å²) in [5.74, 6) is 0. The standard InChI is InChI=1S/C11H18O2Si/c1-4-5-6-10-7-14(11(12)13)9(3)8(10)2/h7,14H,4-6H2,1-3H3,(H,12,13). The maximum atomic E-state index is 11.0. The van der Waals surface area contributed by atoms with Gasteiger partial charge in [-0.25, -0.2) is 0 Å². The van der Waals surface area contributed by atoms with Crippen LogP contribution in [-0.4, -0.2) is 19.5 Å². The van der Waals surface area contributed by atoms with Gasteiger partial charge in [-0.1, -0.05) is 35.4 Å². The van der Waals surface area contributed by atoms with Gasteiger partial charge in [0.15, 0.2) is 0 Å². The molecule has 0 aliphatic carbocycles. The monoisotopic (exact) mass is 210 g/mol. The lowest BCUT2D eigenvalue weighted by Crippen LogP contribution is -2.21. The molecule has 1 heterocycles. The van der Waals surface area contributed by atoms with Crippen LogP contribution in [0.25, 0.3) is 0 Å². The van der Waals surface area contributed by atoms with Gasteiger partial charge in [-0.05, 0) is 26.7 Å². The van der Waals surface area contributed by atoms with Crippen molar-refractivity contribution in [3.05, 3.63) is 22.0 Å². The topological polar surface area (TPSA) is 37.3 Å². The molecule has 14 heavy (non-hydrogen) atoms. The summed E-state index contributed by atoms with van der Waals surface area (Å²) < 4.78 is 0. The second-order valence-corrected chi connectivity index (χ2v) is 6.57. The van der Waals surface area contributed by atoms with Gasteiger partial charge in [-0.2, -0.15) is 0 Å². The fourth-order valence-electron chi connectivity index (χ4n) is 1.83. The van der Waals surface area contributed by atoms with E-state index in [4.69, 9.17) is 5.11 Å². The van der Waals surface area contributed by atoms with Gasteiger partial charge in [0.2, 0.25) is 8.80 Å². The Bertz CT molecular complexity index is 302. The van der Waals surface area contributed by atoms with Crippen LogP contribution in [0.2, 0.25) is 0 Å². The van der Waals surface area contributed by atoms with E-state index < -0.39 is 14.4 Å². The van der Waals surface area contributed by atoms with Crippen molar-refractivity contribution in [1.82, 2.24) is 0 Å². The Labute approximate surface area is 86.9 Å². The molecule has 3 heteroatoms. The third-order valence-corrected chi connectivity index (χ3v) is 5.61. The van der Waals surface area contributed by atoms with Gasteiger partial charge >= 0.3 is 0 Å². The van der Waals surface area contributed by atoms with Crippen LogP contribution in [0.4, 0.5) is 4.79 Å². The molecule has 2 nitrogen and oxygen atoms in total. The van der Waals surface area contributed by atoms with Crippen LogP contribution >= 0.6 is 0 Å². The summed E-state index contributed by atoms with van der Waals surface area (Å²) in [5, 5.41) is 10.2. The third-order valence-electron chi connectivity index (χ3n) is 2.97. The van der Waals surface area contributed by atoms with E-state index in [-0.39, 0.29) is 0 Å². The zero-order valence-corrected chi connectivity index (χ0v) is 10.3. The zero-order chi connectivity index (χ0) is 10.7. The summed E-state index contributed by atoms with van der Waals surface area (Å²) in [5.41, 5.74) is 4.00. The Morgan fingerprint density at radius 1 is 1.50 bits per heavy atom. The van der Waals surface area contributed by atoms with E-state index in [0.717, 1.165) is 18.0 Å². The molecule has 1 aliphatic heterocycles. The van der Waals surface area contributed by atoms with Gasteiger partial charge in [0.1, 0.15) is 0 Å². The number of carbonyl (C=O) groups is 1. The van der Waals surface area contributed by atoms with Gasteiger partial charge in [0.05, 0.1) is 0 Å². The van der Waals surface area contributed by atoms with E-state index in [1.807, 2.05) is 12.6 Å². The Hall–Kier alpha value is -0.833. The lowest BCUT2D eigenvalue weighted by atomic mass is 10.0. The van der Waals surface area contributed by atoms with Crippen LogP contribution in [-0.2, 0) is 0 Å². The molecule has 0 fully saturated rings. The molecule has 0 spiro atoms. The summed E-state index contributed by atoms with van der Waals surface area (Å²) >= 11 is 0. The van der Waals surface area contributed by atoms with Crippen molar-refractivity contribution in [3.63, 3.8) is 0 Å². The number of unbranched alkanes of at least 4 members (excludes halogenated alkanes) is 1. The molecular formula is C11H18O2Si. The average Bonchev–Trinajstić information content (AvgIpc) is 2.42. The number of hydrogen-bond donors (Lipinski definition) is 1. The van der Waals surface area contributed by atoms with Crippen molar-refractivity contribution in [3.8, 4) is 0 Å². The number of allylic oxidation sites excluding steroid dienone is 3. The normalized spacial score (nSPS) is 21.4. The third kappa shape index (κ3) is 2.15. The summed E-state index contributed by atoms with van der Waals surface area (Å²) in [6.45, 7) is 6.20. The van der Waals surface area contributed by atoms with Crippen molar-refractivity contribution in [2.75, 3.05) is 0 Å². The first kappa shape index (κ1) is 11.2. The minimum absolute atomic E-state index is 0.589. The highest BCUT2D eigenvalue weighted by atomic mass is 28.3. The van der Waals surface area contributed by atoms with E-state index in [0.29, 0.717) is 0 Å². The molecule has 0 aromatic heterocycles. The number of rotatable bonds is 4. The van der Waals surface area contributed by atoms with Gasteiger partial charge in [-0.3, -0.25) is 4.79 Å². The van der Waals surface area contributed by atoms with Crippen LogP contribution in [0.15, 0.2) is 22.0 Å². The van der Waals surface area contributed by atoms with Crippen LogP contribution in [0, 0.1) is 0 Å². The smallest absolute Gasteiger partial charge is 0.275 e. The van der Waals surface area contributed by atoms with E-state index >= 15 is 0 Å². The molecule has 0 aromatic rings. The van der Waals surface area contributed by atoms with Gasteiger partial charge in [0.25, 0.3) is 5.59 Å². The lowest BCUT2D eigenvalue weighted by Gasteiger charge is -2.03. The Balaban J connectivity index is 2.79. The molecule has 0 aromatic carbocycles. The summed E-state index contributed by atoms with van der Waals surface area (Å²) in [6.07, 6.45) is 3.39. The van der Waals surface area contributed by atoms with Crippen LogP contribution < -0.4 is 0 Å². The first-order valence-corrected chi connectivity index (χ1v) is 7.01. The second kappa shape index (κ2) is 4.60. The van der Waals surface area contributed by atoms with Crippen molar-refractivity contribution >= 4 is 14.4 Å². The summed E-state index contributed by atoms with van der Waals surface area (Å²) in [6, 6.07) is 0. The molecular weight excluding hydrogens is 192 g/mol. The van der Waals surface area contributed by atoms with Crippen molar-refractivity contribution in [1.29, 1.82) is 0 Å². The highest BCUT2D eigenvalue weighted by molar-refractivity contribution is 6.98. The number of carboxylic acid groups (broad SMARTS) is 1. The van der Waals surface area contributed by atoms with Crippen molar-refractivity contribution < 1.29 is 9.90 Å². The molecule has 0 saturated heterocycles. The predicted octanol–water partition coefficient (Wildman–Crippen LogP) is 3.02. The summed E-state index contributed by atoms with van der Waals surface area (Å²) in [4.78, 5) is 11.0. The van der Waals surface area contributed by atoms with Gasteiger partial charge < -0.3 is 5.11 Å². The Morgan fingerprint density at radius 2 is 2.14 bits per heavy atom. The molecule has 0 saturated carbocycles. The van der Waals surface area contributed by atoms with E-state index in [1.165, 1.54) is 17.6 Å². The average molecular weight is 210 g/mol. The van der Waals surface area contributed by atoms with Crippen LogP contribution in [0.3, 0.4) is 0 Å². The predicted molar refractivity (Wildman–Crippen MR) is 61.2 cm³/mol. The maximum Gasteiger partial charge on any atom is 0.275 e. The number of hydrogen-bond acceptors (Lipinski definition) is 1. The molecule has 1 N–H and O–H groups in total. The molecule has 0 radical (unpaired) electrons. The first-order valence-electron chi connectivity index (χ1n) is 5.19. The van der Waals surface area contributed by atoms with E-state index in [2.05, 4.69) is 13.8 Å². The Kier molecular flexibility index (Phi) is 3.69. The SMILES string of the molecule is CCCCC1=C[SiH](C(=O)O)C(C)=C1C. The fraction of sp³-hybridized carbons (Fsp3) is 0.545. The molecule has 1 atom stereocenters. The fourth-order valence-corrected chi connectivity index (χ4v) is 4.07. The van der Waals surface area contributed by atoms with Crippen LogP contribution in [0.1, 0.15) is 40.0 Å². The quantitative estimate of drug-likeness (QED) is 0.724. The highest BCUT2D eigenvalue weighted by Gasteiger charge is 2.27. The zero-order valence-electron chi connectivity index (χ0n) is 9.13. The Morgan fingerprint density at radius 3 is 2.57 bits per heavy atom. The highest BCUT2D eigenvalue weighted by Crippen LogP contribution is 2.28. The largest absolute Gasteiger partial charge is 0.485 e. The molecule has 0 amide bonds. The maximum absolute atomic E-state index is 11.0. The van der Waals surface area contributed by atoms with E-state index in [1.54, 1.807) is 0 Å². The van der Waals surface area contributed by atoms with Gasteiger partial charge in [-0.15, -0.1) is 0 Å². The van der Waals surface area contributed by atoms with Crippen LogP contribution in [0.5, 0.6) is 0 Å². The molecule has 1 aliphatic rings. The molecule has 1 unspecified atom stereocenters. The minimum atomic E-state index is -1.77. The first-order chi connectivity index (χ1) is 6.57. The lowest BCUT2D eigenvalue weighted by molar-refractivity contribution is 0.219. The minimum Gasteiger partial charge on any atom is -0.485 e. The van der Waals surface area contributed by atoms with E-state index in [9.17, 15) is 4.79 Å². The molecule has 0 bridgehead atoms.